The zero-order chi connectivity index (χ0) is 19.5. The van der Waals surface area contributed by atoms with Crippen molar-refractivity contribution in [2.45, 2.75) is 20.0 Å². The average molecular weight is 393 g/mol. The van der Waals surface area contributed by atoms with Crippen LogP contribution in [0, 0.1) is 0 Å². The zero-order valence-electron chi connectivity index (χ0n) is 15.5. The van der Waals surface area contributed by atoms with Crippen LogP contribution in [0.3, 0.4) is 0 Å². The van der Waals surface area contributed by atoms with Crippen LogP contribution >= 0.6 is 11.3 Å². The summed E-state index contributed by atoms with van der Waals surface area (Å²) in [5, 5.41) is 10.1. The van der Waals surface area contributed by atoms with E-state index in [4.69, 9.17) is 9.72 Å². The number of carbonyl (C=O) groups excluding carboxylic acids is 1. The van der Waals surface area contributed by atoms with E-state index in [1.165, 1.54) is 0 Å². The van der Waals surface area contributed by atoms with Crippen molar-refractivity contribution in [3.8, 4) is 16.5 Å². The lowest BCUT2D eigenvalue weighted by atomic mass is 10.1. The molecule has 0 fully saturated rings. The van der Waals surface area contributed by atoms with Gasteiger partial charge in [-0.3, -0.25) is 4.79 Å². The molecule has 0 aromatic carbocycles. The summed E-state index contributed by atoms with van der Waals surface area (Å²) in [6, 6.07) is 9.44. The van der Waals surface area contributed by atoms with Crippen molar-refractivity contribution in [2.24, 2.45) is 0 Å². The number of aromatic nitrogens is 4. The highest BCUT2D eigenvalue weighted by Gasteiger charge is 2.17. The Balaban J connectivity index is 1.66. The molecule has 0 spiro atoms. The molecule has 0 radical (unpaired) electrons. The summed E-state index contributed by atoms with van der Waals surface area (Å²) in [7, 11) is 1.57. The summed E-state index contributed by atoms with van der Waals surface area (Å²) >= 11 is 1.59. The number of amides is 1. The molecule has 4 aromatic rings. The predicted octanol–water partition coefficient (Wildman–Crippen LogP) is 3.51. The summed E-state index contributed by atoms with van der Waals surface area (Å²) < 4.78 is 6.86. The fraction of sp³-hybridized carbons (Fsp3) is 0.200. The minimum atomic E-state index is -0.170. The molecule has 0 unspecified atom stereocenters. The van der Waals surface area contributed by atoms with Gasteiger partial charge >= 0.3 is 0 Å². The van der Waals surface area contributed by atoms with Crippen molar-refractivity contribution in [3.63, 3.8) is 0 Å². The van der Waals surface area contributed by atoms with E-state index >= 15 is 0 Å². The molecule has 8 heteroatoms. The highest BCUT2D eigenvalue weighted by Crippen LogP contribution is 2.28. The van der Waals surface area contributed by atoms with Crippen LogP contribution in [0.5, 0.6) is 5.88 Å². The number of rotatable bonds is 6. The van der Waals surface area contributed by atoms with Gasteiger partial charge in [0.05, 0.1) is 34.8 Å². The van der Waals surface area contributed by atoms with Crippen LogP contribution in [0.15, 0.2) is 48.1 Å². The summed E-state index contributed by atoms with van der Waals surface area (Å²) in [5.74, 6) is 0.371. The molecule has 1 amide bonds. The monoisotopic (exact) mass is 393 g/mol. The van der Waals surface area contributed by atoms with Gasteiger partial charge in [0.15, 0.2) is 5.65 Å². The van der Waals surface area contributed by atoms with E-state index in [0.29, 0.717) is 30.2 Å². The number of aryl methyl sites for hydroxylation is 1. The number of thiophene rings is 1. The van der Waals surface area contributed by atoms with Crippen LogP contribution < -0.4 is 10.1 Å². The van der Waals surface area contributed by atoms with Crippen molar-refractivity contribution in [1.29, 1.82) is 0 Å². The van der Waals surface area contributed by atoms with Gasteiger partial charge in [-0.1, -0.05) is 12.1 Å². The molecule has 0 aliphatic carbocycles. The Morgan fingerprint density at radius 1 is 1.29 bits per heavy atom. The topological polar surface area (TPSA) is 81.9 Å². The zero-order valence-corrected chi connectivity index (χ0v) is 16.4. The number of methoxy groups -OCH3 is 1. The number of ether oxygens (including phenoxy) is 1. The average Bonchev–Trinajstić information content (AvgIpc) is 3.41. The van der Waals surface area contributed by atoms with E-state index in [1.54, 1.807) is 41.6 Å². The second kappa shape index (κ2) is 7.77. The van der Waals surface area contributed by atoms with Gasteiger partial charge in [0.1, 0.15) is 0 Å². The van der Waals surface area contributed by atoms with Crippen LogP contribution in [0.4, 0.5) is 0 Å². The normalized spacial score (nSPS) is 10.9. The summed E-state index contributed by atoms with van der Waals surface area (Å²) in [5.41, 5.74) is 2.94. The Bertz CT molecular complexity index is 1100. The number of hydrogen-bond acceptors (Lipinski definition) is 6. The van der Waals surface area contributed by atoms with Gasteiger partial charge < -0.3 is 10.1 Å². The number of fused-ring (bicyclic) bond motifs is 1. The minimum absolute atomic E-state index is 0.170. The molecule has 4 rings (SSSR count). The number of hydrogen-bond donors (Lipinski definition) is 1. The Labute approximate surface area is 166 Å². The highest BCUT2D eigenvalue weighted by molar-refractivity contribution is 7.13. The van der Waals surface area contributed by atoms with Crippen molar-refractivity contribution in [2.75, 3.05) is 7.11 Å². The molecule has 0 saturated heterocycles. The summed E-state index contributed by atoms with van der Waals surface area (Å²) in [6.45, 7) is 3.06. The molecular weight excluding hydrogens is 374 g/mol. The maximum atomic E-state index is 13.0. The maximum Gasteiger partial charge on any atom is 0.252 e. The van der Waals surface area contributed by atoms with Crippen molar-refractivity contribution in [3.05, 3.63) is 59.2 Å². The summed E-state index contributed by atoms with van der Waals surface area (Å²) in [4.78, 5) is 22.9. The SMILES string of the molecule is CCn1ncc2c(C(=O)NCc3ccc(OC)nc3)cc(-c3cccs3)nc21. The van der Waals surface area contributed by atoms with Crippen LogP contribution in [-0.4, -0.2) is 32.8 Å². The fourth-order valence-corrected chi connectivity index (χ4v) is 3.62. The Kier molecular flexibility index (Phi) is 5.03. The smallest absolute Gasteiger partial charge is 0.252 e. The van der Waals surface area contributed by atoms with Crippen molar-refractivity contribution in [1.82, 2.24) is 25.1 Å². The van der Waals surface area contributed by atoms with Gasteiger partial charge in [-0.15, -0.1) is 11.3 Å². The number of pyridine rings is 2. The minimum Gasteiger partial charge on any atom is -0.481 e. The standard InChI is InChI=1S/C20H19N5O2S/c1-3-25-19-15(12-23-25)14(9-16(24-19)17-5-4-8-28-17)20(26)22-11-13-6-7-18(27-2)21-10-13/h4-10,12H,3,11H2,1-2H3,(H,22,26). The fourth-order valence-electron chi connectivity index (χ4n) is 2.93. The van der Waals surface area contributed by atoms with Gasteiger partial charge in [0.25, 0.3) is 5.91 Å². The Hall–Kier alpha value is -3.26. The first-order valence-corrected chi connectivity index (χ1v) is 9.75. The van der Waals surface area contributed by atoms with Gasteiger partial charge in [-0.2, -0.15) is 5.10 Å². The number of carbonyl (C=O) groups is 1. The first-order valence-electron chi connectivity index (χ1n) is 8.87. The maximum absolute atomic E-state index is 13.0. The first-order chi connectivity index (χ1) is 13.7. The van der Waals surface area contributed by atoms with E-state index in [9.17, 15) is 4.79 Å². The molecule has 4 heterocycles. The molecule has 0 saturated carbocycles. The van der Waals surface area contributed by atoms with E-state index < -0.39 is 0 Å². The van der Waals surface area contributed by atoms with Crippen molar-refractivity contribution >= 4 is 28.3 Å². The molecule has 1 N–H and O–H groups in total. The van der Waals surface area contributed by atoms with Crippen LogP contribution in [-0.2, 0) is 13.1 Å². The lowest BCUT2D eigenvalue weighted by Gasteiger charge is -2.09. The third kappa shape index (κ3) is 3.46. The lowest BCUT2D eigenvalue weighted by molar-refractivity contribution is 0.0952. The number of nitrogens with zero attached hydrogens (tertiary/aromatic N) is 4. The molecule has 0 atom stereocenters. The molecular formula is C20H19N5O2S. The highest BCUT2D eigenvalue weighted by atomic mass is 32.1. The molecule has 7 nitrogen and oxygen atoms in total. The molecule has 28 heavy (non-hydrogen) atoms. The van der Waals surface area contributed by atoms with E-state index in [0.717, 1.165) is 21.5 Å². The molecule has 0 bridgehead atoms. The van der Waals surface area contributed by atoms with E-state index in [-0.39, 0.29) is 5.91 Å². The Morgan fingerprint density at radius 3 is 2.86 bits per heavy atom. The van der Waals surface area contributed by atoms with Gasteiger partial charge in [0.2, 0.25) is 5.88 Å². The van der Waals surface area contributed by atoms with Crippen LogP contribution in [0.25, 0.3) is 21.6 Å². The first kappa shape index (κ1) is 18.1. The summed E-state index contributed by atoms with van der Waals surface area (Å²) in [6.07, 6.45) is 3.39. The van der Waals surface area contributed by atoms with Gasteiger partial charge in [-0.25, -0.2) is 14.6 Å². The quantitative estimate of drug-likeness (QED) is 0.542. The van der Waals surface area contributed by atoms with E-state index in [2.05, 4.69) is 15.4 Å². The molecule has 0 aliphatic heterocycles. The van der Waals surface area contributed by atoms with Gasteiger partial charge in [-0.05, 0) is 30.0 Å². The number of nitrogens with one attached hydrogen (secondary N) is 1. The van der Waals surface area contributed by atoms with Crippen molar-refractivity contribution < 1.29 is 9.53 Å². The lowest BCUT2D eigenvalue weighted by Crippen LogP contribution is -2.23. The second-order valence-electron chi connectivity index (χ2n) is 6.12. The molecule has 0 aliphatic rings. The molecule has 4 aromatic heterocycles. The predicted molar refractivity (Wildman–Crippen MR) is 108 cm³/mol. The van der Waals surface area contributed by atoms with E-state index in [1.807, 2.05) is 36.6 Å². The van der Waals surface area contributed by atoms with Gasteiger partial charge in [0, 0.05) is 25.4 Å². The van der Waals surface area contributed by atoms with Crippen LogP contribution in [0.2, 0.25) is 0 Å². The third-order valence-corrected chi connectivity index (χ3v) is 5.28. The largest absolute Gasteiger partial charge is 0.481 e. The molecule has 142 valence electrons. The van der Waals surface area contributed by atoms with Crippen LogP contribution in [0.1, 0.15) is 22.8 Å². The Morgan fingerprint density at radius 2 is 2.18 bits per heavy atom. The second-order valence-corrected chi connectivity index (χ2v) is 7.07. The third-order valence-electron chi connectivity index (χ3n) is 4.39.